The minimum atomic E-state index is -0.0117. The summed E-state index contributed by atoms with van der Waals surface area (Å²) in [6.45, 7) is 0. The number of hydrogen-bond donors (Lipinski definition) is 1. The van der Waals surface area contributed by atoms with Gasteiger partial charge in [-0.3, -0.25) is 19.6 Å². The quantitative estimate of drug-likeness (QED) is 0.584. The third kappa shape index (κ3) is 0.756. The van der Waals surface area contributed by atoms with Crippen LogP contribution in [0.5, 0.6) is 0 Å². The molecular formula is C7H7N3O. The standard InChI is InChI=1S/C7H7N3O/c1-10-7(11)5-2-3-8-4-6(5)9-10/h2-4,9H,1H3. The molecule has 0 bridgehead atoms. The number of nitrogens with one attached hydrogen (secondary N) is 1. The van der Waals surface area contributed by atoms with Crippen LogP contribution >= 0.6 is 0 Å². The Balaban J connectivity index is 3.04. The minimum absolute atomic E-state index is 0.0117. The van der Waals surface area contributed by atoms with Crippen LogP contribution in [-0.2, 0) is 7.05 Å². The number of nitrogens with zero attached hydrogens (tertiary/aromatic N) is 2. The Labute approximate surface area is 62.5 Å². The molecule has 2 aromatic heterocycles. The molecule has 0 spiro atoms. The van der Waals surface area contributed by atoms with E-state index in [4.69, 9.17) is 0 Å². The van der Waals surface area contributed by atoms with E-state index < -0.39 is 0 Å². The number of hydrogen-bond acceptors (Lipinski definition) is 2. The average molecular weight is 149 g/mol. The van der Waals surface area contributed by atoms with Gasteiger partial charge in [0.1, 0.15) is 0 Å². The highest BCUT2D eigenvalue weighted by Gasteiger charge is 2.00. The molecular weight excluding hydrogens is 142 g/mol. The summed E-state index contributed by atoms with van der Waals surface area (Å²) in [4.78, 5) is 15.1. The van der Waals surface area contributed by atoms with Crippen molar-refractivity contribution in [2.24, 2.45) is 7.05 Å². The molecule has 0 aliphatic heterocycles. The van der Waals surface area contributed by atoms with Crippen molar-refractivity contribution < 1.29 is 0 Å². The zero-order valence-corrected chi connectivity index (χ0v) is 6.03. The van der Waals surface area contributed by atoms with E-state index >= 15 is 0 Å². The Kier molecular flexibility index (Phi) is 1.09. The summed E-state index contributed by atoms with van der Waals surface area (Å²) in [6.07, 6.45) is 3.24. The van der Waals surface area contributed by atoms with Crippen molar-refractivity contribution in [2.45, 2.75) is 0 Å². The smallest absolute Gasteiger partial charge is 0.274 e. The number of aryl methyl sites for hydroxylation is 1. The van der Waals surface area contributed by atoms with E-state index in [2.05, 4.69) is 10.1 Å². The molecule has 11 heavy (non-hydrogen) atoms. The summed E-state index contributed by atoms with van der Waals surface area (Å²) in [7, 11) is 1.68. The van der Waals surface area contributed by atoms with Crippen LogP contribution in [0, 0.1) is 0 Å². The second-order valence-electron chi connectivity index (χ2n) is 2.40. The summed E-state index contributed by atoms with van der Waals surface area (Å²) in [5, 5.41) is 3.55. The predicted octanol–water partition coefficient (Wildman–Crippen LogP) is 0.262. The van der Waals surface area contributed by atoms with Crippen molar-refractivity contribution in [2.75, 3.05) is 0 Å². The highest BCUT2D eigenvalue weighted by atomic mass is 16.1. The SMILES string of the molecule is Cn1[nH]c2cnccc2c1=O. The number of aromatic nitrogens is 3. The monoisotopic (exact) mass is 149 g/mol. The summed E-state index contributed by atoms with van der Waals surface area (Å²) in [5.41, 5.74) is 0.766. The van der Waals surface area contributed by atoms with Gasteiger partial charge in [0.2, 0.25) is 0 Å². The fourth-order valence-electron chi connectivity index (χ4n) is 1.08. The normalized spacial score (nSPS) is 10.6. The summed E-state index contributed by atoms with van der Waals surface area (Å²) in [6, 6.07) is 1.70. The highest BCUT2D eigenvalue weighted by Crippen LogP contribution is 2.01. The number of rotatable bonds is 0. The van der Waals surface area contributed by atoms with E-state index in [9.17, 15) is 4.79 Å². The van der Waals surface area contributed by atoms with E-state index in [1.54, 1.807) is 25.5 Å². The first-order chi connectivity index (χ1) is 5.29. The molecule has 0 fully saturated rings. The molecule has 0 amide bonds. The van der Waals surface area contributed by atoms with Crippen molar-refractivity contribution in [1.82, 2.24) is 14.8 Å². The lowest BCUT2D eigenvalue weighted by Gasteiger charge is -1.82. The minimum Gasteiger partial charge on any atom is -0.294 e. The molecule has 0 saturated carbocycles. The van der Waals surface area contributed by atoms with Gasteiger partial charge in [-0.05, 0) is 6.07 Å². The maximum absolute atomic E-state index is 11.2. The van der Waals surface area contributed by atoms with Gasteiger partial charge in [0.15, 0.2) is 0 Å². The van der Waals surface area contributed by atoms with E-state index in [1.807, 2.05) is 0 Å². The lowest BCUT2D eigenvalue weighted by atomic mass is 10.3. The van der Waals surface area contributed by atoms with Crippen LogP contribution in [-0.4, -0.2) is 14.8 Å². The summed E-state index contributed by atoms with van der Waals surface area (Å²) >= 11 is 0. The van der Waals surface area contributed by atoms with Gasteiger partial charge in [-0.1, -0.05) is 0 Å². The topological polar surface area (TPSA) is 50.7 Å². The number of aromatic amines is 1. The fraction of sp³-hybridized carbons (Fsp3) is 0.143. The molecule has 2 aromatic rings. The third-order valence-electron chi connectivity index (χ3n) is 1.64. The zero-order valence-electron chi connectivity index (χ0n) is 6.03. The van der Waals surface area contributed by atoms with E-state index in [1.165, 1.54) is 4.68 Å². The van der Waals surface area contributed by atoms with Gasteiger partial charge in [-0.2, -0.15) is 0 Å². The first-order valence-corrected chi connectivity index (χ1v) is 3.28. The van der Waals surface area contributed by atoms with E-state index in [0.29, 0.717) is 5.39 Å². The molecule has 2 rings (SSSR count). The third-order valence-corrected chi connectivity index (χ3v) is 1.64. The summed E-state index contributed by atoms with van der Waals surface area (Å²) < 4.78 is 1.44. The lowest BCUT2D eigenvalue weighted by molar-refractivity contribution is 0.751. The van der Waals surface area contributed by atoms with Gasteiger partial charge in [-0.25, -0.2) is 0 Å². The van der Waals surface area contributed by atoms with Gasteiger partial charge in [0.25, 0.3) is 5.56 Å². The fourth-order valence-corrected chi connectivity index (χ4v) is 1.08. The molecule has 0 aromatic carbocycles. The lowest BCUT2D eigenvalue weighted by Crippen LogP contribution is -2.10. The van der Waals surface area contributed by atoms with Crippen LogP contribution in [0.3, 0.4) is 0 Å². The van der Waals surface area contributed by atoms with Gasteiger partial charge in [0, 0.05) is 13.2 Å². The maximum Gasteiger partial charge on any atom is 0.274 e. The number of fused-ring (bicyclic) bond motifs is 1. The highest BCUT2D eigenvalue weighted by molar-refractivity contribution is 5.76. The van der Waals surface area contributed by atoms with Gasteiger partial charge >= 0.3 is 0 Å². The van der Waals surface area contributed by atoms with Gasteiger partial charge in [-0.15, -0.1) is 0 Å². The molecule has 1 N–H and O–H groups in total. The zero-order chi connectivity index (χ0) is 7.84. The maximum atomic E-state index is 11.2. The number of H-pyrrole nitrogens is 1. The Hall–Kier alpha value is -1.58. The van der Waals surface area contributed by atoms with Crippen LogP contribution in [0.1, 0.15) is 0 Å². The molecule has 56 valence electrons. The molecule has 4 nitrogen and oxygen atoms in total. The largest absolute Gasteiger partial charge is 0.294 e. The second-order valence-corrected chi connectivity index (χ2v) is 2.40. The second kappa shape index (κ2) is 1.95. The van der Waals surface area contributed by atoms with Gasteiger partial charge in [0.05, 0.1) is 17.1 Å². The van der Waals surface area contributed by atoms with Crippen molar-refractivity contribution in [1.29, 1.82) is 0 Å². The first kappa shape index (κ1) is 6.15. The van der Waals surface area contributed by atoms with Crippen LogP contribution in [0.25, 0.3) is 10.9 Å². The summed E-state index contributed by atoms with van der Waals surface area (Å²) in [5.74, 6) is 0. The van der Waals surface area contributed by atoms with Crippen molar-refractivity contribution in [3.63, 3.8) is 0 Å². The van der Waals surface area contributed by atoms with Crippen molar-refractivity contribution >= 4 is 10.9 Å². The van der Waals surface area contributed by atoms with Crippen molar-refractivity contribution in [3.05, 3.63) is 28.8 Å². The predicted molar refractivity (Wildman–Crippen MR) is 41.3 cm³/mol. The molecule has 0 unspecified atom stereocenters. The van der Waals surface area contributed by atoms with Crippen LogP contribution in [0.15, 0.2) is 23.3 Å². The molecule has 0 atom stereocenters. The number of pyridine rings is 1. The Bertz CT molecular complexity index is 440. The Morgan fingerprint density at radius 3 is 3.18 bits per heavy atom. The van der Waals surface area contributed by atoms with Crippen LogP contribution in [0.2, 0.25) is 0 Å². The van der Waals surface area contributed by atoms with Gasteiger partial charge < -0.3 is 0 Å². The molecule has 0 aliphatic rings. The first-order valence-electron chi connectivity index (χ1n) is 3.28. The Morgan fingerprint density at radius 2 is 2.45 bits per heavy atom. The molecule has 2 heterocycles. The van der Waals surface area contributed by atoms with E-state index in [0.717, 1.165) is 5.52 Å². The van der Waals surface area contributed by atoms with Crippen LogP contribution in [0.4, 0.5) is 0 Å². The molecule has 0 radical (unpaired) electrons. The van der Waals surface area contributed by atoms with Crippen LogP contribution < -0.4 is 5.56 Å². The molecule has 4 heteroatoms. The molecule has 0 aliphatic carbocycles. The van der Waals surface area contributed by atoms with E-state index in [-0.39, 0.29) is 5.56 Å². The molecule has 0 saturated heterocycles. The average Bonchev–Trinajstić information content (AvgIpc) is 2.30. The van der Waals surface area contributed by atoms with Crippen molar-refractivity contribution in [3.8, 4) is 0 Å². The Morgan fingerprint density at radius 1 is 1.64 bits per heavy atom.